The number of benzene rings is 1. The van der Waals surface area contributed by atoms with Gasteiger partial charge in [-0.2, -0.15) is 5.10 Å². The third kappa shape index (κ3) is 4.96. The molecule has 2 aromatic rings. The van der Waals surface area contributed by atoms with Crippen molar-refractivity contribution in [2.24, 2.45) is 11.0 Å². The summed E-state index contributed by atoms with van der Waals surface area (Å²) in [7, 11) is 1.93. The van der Waals surface area contributed by atoms with Gasteiger partial charge in [-0.25, -0.2) is 5.43 Å². The third-order valence-corrected chi connectivity index (χ3v) is 6.37. The summed E-state index contributed by atoms with van der Waals surface area (Å²) in [6.07, 6.45) is 6.26. The van der Waals surface area contributed by atoms with E-state index in [1.54, 1.807) is 17.6 Å². The summed E-state index contributed by atoms with van der Waals surface area (Å²) in [5.74, 6) is 0.610. The van der Waals surface area contributed by atoms with Crippen LogP contribution in [0.2, 0.25) is 0 Å². The summed E-state index contributed by atoms with van der Waals surface area (Å²) in [5.41, 5.74) is 5.92. The Morgan fingerprint density at radius 3 is 2.89 bits per heavy atom. The SMILES string of the molecule is CC[C@@H]1CCc2sc(C(=O)N/N=C\c3ccc(N(C)CCO)cc3)cc2C1. The van der Waals surface area contributed by atoms with Crippen LogP contribution >= 0.6 is 11.3 Å². The molecule has 3 rings (SSSR count). The van der Waals surface area contributed by atoms with Crippen molar-refractivity contribution in [3.05, 3.63) is 51.2 Å². The first kappa shape index (κ1) is 19.6. The highest BCUT2D eigenvalue weighted by molar-refractivity contribution is 7.14. The van der Waals surface area contributed by atoms with Gasteiger partial charge in [-0.05, 0) is 54.5 Å². The van der Waals surface area contributed by atoms with Gasteiger partial charge in [-0.15, -0.1) is 11.3 Å². The number of hydrogen-bond acceptors (Lipinski definition) is 5. The predicted octanol–water partition coefficient (Wildman–Crippen LogP) is 3.46. The number of hydrogen-bond donors (Lipinski definition) is 2. The van der Waals surface area contributed by atoms with Crippen LogP contribution in [-0.2, 0) is 12.8 Å². The number of hydrazone groups is 1. The van der Waals surface area contributed by atoms with Crippen LogP contribution in [0.3, 0.4) is 0 Å². The fourth-order valence-corrected chi connectivity index (χ4v) is 4.47. The molecule has 1 amide bonds. The Labute approximate surface area is 164 Å². The number of rotatable bonds is 7. The molecule has 1 aliphatic rings. The number of thiophene rings is 1. The number of likely N-dealkylation sites (N-methyl/N-ethyl adjacent to an activating group) is 1. The second-order valence-corrected chi connectivity index (χ2v) is 8.15. The van der Waals surface area contributed by atoms with Gasteiger partial charge in [-0.1, -0.05) is 25.5 Å². The van der Waals surface area contributed by atoms with Crippen LogP contribution in [0.4, 0.5) is 5.69 Å². The largest absolute Gasteiger partial charge is 0.395 e. The second-order valence-electron chi connectivity index (χ2n) is 7.01. The van der Waals surface area contributed by atoms with Crippen LogP contribution in [0.1, 0.15) is 45.4 Å². The molecule has 2 N–H and O–H groups in total. The van der Waals surface area contributed by atoms with E-state index in [-0.39, 0.29) is 12.5 Å². The minimum atomic E-state index is -0.141. The first-order chi connectivity index (χ1) is 13.1. The lowest BCUT2D eigenvalue weighted by atomic mass is 9.87. The van der Waals surface area contributed by atoms with Crippen LogP contribution < -0.4 is 10.3 Å². The number of amides is 1. The molecule has 0 aliphatic heterocycles. The quantitative estimate of drug-likeness (QED) is 0.567. The standard InChI is InChI=1S/C21H27N3O2S/c1-3-15-6-9-19-17(12-15)13-20(27-19)21(26)23-22-14-16-4-7-18(8-5-16)24(2)10-11-25/h4-5,7-8,13-15,25H,3,6,9-12H2,1-2H3,(H,23,26)/b22-14-/t15-/m1/s1. The van der Waals surface area contributed by atoms with E-state index in [0.29, 0.717) is 6.54 Å². The number of nitrogens with zero attached hydrogens (tertiary/aromatic N) is 2. The lowest BCUT2D eigenvalue weighted by Gasteiger charge is -2.19. The maximum absolute atomic E-state index is 12.4. The zero-order valence-electron chi connectivity index (χ0n) is 15.9. The molecule has 1 atom stereocenters. The average Bonchev–Trinajstić information content (AvgIpc) is 3.12. The van der Waals surface area contributed by atoms with E-state index in [1.807, 2.05) is 42.3 Å². The van der Waals surface area contributed by atoms with Gasteiger partial charge in [-0.3, -0.25) is 4.79 Å². The first-order valence-corrected chi connectivity index (χ1v) is 10.3. The lowest BCUT2D eigenvalue weighted by Crippen LogP contribution is -2.20. The molecule has 0 bridgehead atoms. The Kier molecular flexibility index (Phi) is 6.63. The van der Waals surface area contributed by atoms with Gasteiger partial charge in [0, 0.05) is 24.2 Å². The molecule has 27 heavy (non-hydrogen) atoms. The van der Waals surface area contributed by atoms with E-state index < -0.39 is 0 Å². The molecule has 1 aromatic heterocycles. The Balaban J connectivity index is 1.57. The molecule has 6 heteroatoms. The van der Waals surface area contributed by atoms with Crippen LogP contribution in [-0.4, -0.2) is 37.4 Å². The Morgan fingerprint density at radius 2 is 2.19 bits per heavy atom. The summed E-state index contributed by atoms with van der Waals surface area (Å²) in [6.45, 7) is 2.95. The van der Waals surface area contributed by atoms with Gasteiger partial charge in [0.05, 0.1) is 17.7 Å². The van der Waals surface area contributed by atoms with E-state index in [1.165, 1.54) is 23.3 Å². The number of aliphatic hydroxyl groups is 1. The number of aliphatic hydroxyl groups excluding tert-OH is 1. The van der Waals surface area contributed by atoms with Crippen LogP contribution in [0, 0.1) is 5.92 Å². The van der Waals surface area contributed by atoms with Gasteiger partial charge in [0.1, 0.15) is 0 Å². The maximum atomic E-state index is 12.4. The van der Waals surface area contributed by atoms with Gasteiger partial charge in [0.2, 0.25) is 0 Å². The van der Waals surface area contributed by atoms with E-state index in [0.717, 1.165) is 34.9 Å². The van der Waals surface area contributed by atoms with Crippen molar-refractivity contribution in [1.82, 2.24) is 5.43 Å². The Morgan fingerprint density at radius 1 is 1.41 bits per heavy atom. The summed E-state index contributed by atoms with van der Waals surface area (Å²) < 4.78 is 0. The maximum Gasteiger partial charge on any atom is 0.281 e. The second kappa shape index (κ2) is 9.15. The van der Waals surface area contributed by atoms with Crippen LogP contribution in [0.25, 0.3) is 0 Å². The molecule has 1 aromatic carbocycles. The Bertz CT molecular complexity index is 798. The zero-order valence-corrected chi connectivity index (χ0v) is 16.8. The van der Waals surface area contributed by atoms with E-state index >= 15 is 0 Å². The summed E-state index contributed by atoms with van der Waals surface area (Å²) in [5, 5.41) is 13.1. The Hall–Kier alpha value is -2.18. The highest BCUT2D eigenvalue weighted by Crippen LogP contribution is 2.33. The highest BCUT2D eigenvalue weighted by atomic mass is 32.1. The average molecular weight is 386 g/mol. The number of fused-ring (bicyclic) bond motifs is 1. The number of carbonyl (C=O) groups is 1. The molecule has 0 fully saturated rings. The molecule has 0 spiro atoms. The van der Waals surface area contributed by atoms with Crippen LogP contribution in [0.15, 0.2) is 35.4 Å². The van der Waals surface area contributed by atoms with Crippen molar-refractivity contribution < 1.29 is 9.90 Å². The molecule has 0 unspecified atom stereocenters. The third-order valence-electron chi connectivity index (χ3n) is 5.14. The minimum Gasteiger partial charge on any atom is -0.395 e. The van der Waals surface area contributed by atoms with Gasteiger partial charge in [0.15, 0.2) is 0 Å². The molecule has 0 radical (unpaired) electrons. The minimum absolute atomic E-state index is 0.122. The monoisotopic (exact) mass is 385 g/mol. The number of aryl methyl sites for hydroxylation is 1. The van der Waals surface area contributed by atoms with Gasteiger partial charge < -0.3 is 10.0 Å². The van der Waals surface area contributed by atoms with Crippen LogP contribution in [0.5, 0.6) is 0 Å². The molecule has 144 valence electrons. The number of anilines is 1. The van der Waals surface area contributed by atoms with E-state index in [9.17, 15) is 4.79 Å². The van der Waals surface area contributed by atoms with Crippen molar-refractivity contribution in [3.8, 4) is 0 Å². The molecule has 0 saturated carbocycles. The lowest BCUT2D eigenvalue weighted by molar-refractivity contribution is 0.0959. The molecule has 0 saturated heterocycles. The first-order valence-electron chi connectivity index (χ1n) is 9.47. The van der Waals surface area contributed by atoms with Crippen molar-refractivity contribution in [2.75, 3.05) is 25.1 Å². The van der Waals surface area contributed by atoms with Crippen molar-refractivity contribution in [1.29, 1.82) is 0 Å². The number of carbonyl (C=O) groups excluding carboxylic acids is 1. The zero-order chi connectivity index (χ0) is 19.2. The van der Waals surface area contributed by atoms with E-state index in [4.69, 9.17) is 5.11 Å². The summed E-state index contributed by atoms with van der Waals surface area (Å²) >= 11 is 1.60. The van der Waals surface area contributed by atoms with Crippen molar-refractivity contribution in [3.63, 3.8) is 0 Å². The smallest absolute Gasteiger partial charge is 0.281 e. The summed E-state index contributed by atoms with van der Waals surface area (Å²) in [4.78, 5) is 16.5. The molecule has 1 aliphatic carbocycles. The fourth-order valence-electron chi connectivity index (χ4n) is 3.37. The highest BCUT2D eigenvalue weighted by Gasteiger charge is 2.21. The fraction of sp³-hybridized carbons (Fsp3) is 0.429. The van der Waals surface area contributed by atoms with Gasteiger partial charge in [0.25, 0.3) is 5.91 Å². The van der Waals surface area contributed by atoms with Crippen molar-refractivity contribution in [2.45, 2.75) is 32.6 Å². The topological polar surface area (TPSA) is 64.9 Å². The number of nitrogens with one attached hydrogen (secondary N) is 1. The predicted molar refractivity (Wildman–Crippen MR) is 112 cm³/mol. The van der Waals surface area contributed by atoms with Gasteiger partial charge >= 0.3 is 0 Å². The van der Waals surface area contributed by atoms with E-state index in [2.05, 4.69) is 17.5 Å². The molecular formula is C21H27N3O2S. The normalized spacial score (nSPS) is 16.3. The molecular weight excluding hydrogens is 358 g/mol. The summed E-state index contributed by atoms with van der Waals surface area (Å²) in [6, 6.07) is 9.85. The van der Waals surface area contributed by atoms with Crippen molar-refractivity contribution >= 4 is 29.1 Å². The molecule has 1 heterocycles. The molecule has 5 nitrogen and oxygen atoms in total.